The molecular weight excluding hydrogens is 194 g/mol. The number of hydrogen-bond donors (Lipinski definition) is 1. The van der Waals surface area contributed by atoms with Crippen molar-refractivity contribution in [2.24, 2.45) is 5.41 Å². The van der Waals surface area contributed by atoms with E-state index in [4.69, 9.17) is 10.5 Å². The molecule has 0 aromatic carbocycles. The zero-order valence-corrected chi connectivity index (χ0v) is 10.3. The third-order valence-corrected chi connectivity index (χ3v) is 2.13. The van der Waals surface area contributed by atoms with Crippen molar-refractivity contribution in [3.63, 3.8) is 0 Å². The summed E-state index contributed by atoms with van der Waals surface area (Å²) in [7, 11) is 0. The fraction of sp³-hybridized carbons (Fsp3) is 0.909. The quantitative estimate of drug-likeness (QED) is 0.711. The van der Waals surface area contributed by atoms with E-state index in [0.717, 1.165) is 0 Å². The first-order valence-electron chi connectivity index (χ1n) is 5.15. The van der Waals surface area contributed by atoms with Crippen molar-refractivity contribution < 1.29 is 14.6 Å². The van der Waals surface area contributed by atoms with E-state index in [9.17, 15) is 9.90 Å². The van der Waals surface area contributed by atoms with Crippen molar-refractivity contribution in [2.75, 3.05) is 0 Å². The van der Waals surface area contributed by atoms with Crippen LogP contribution in [0, 0.1) is 5.41 Å². The summed E-state index contributed by atoms with van der Waals surface area (Å²) >= 11 is 0. The number of carbonyl (C=O) groups is 1. The summed E-state index contributed by atoms with van der Waals surface area (Å²) in [6.07, 6.45) is -0.318. The van der Waals surface area contributed by atoms with Crippen molar-refractivity contribution in [1.82, 2.24) is 5.73 Å². The number of rotatable bonds is 5. The second-order valence-electron chi connectivity index (χ2n) is 5.49. The lowest BCUT2D eigenvalue weighted by atomic mass is 9.86. The standard InChI is InChI=1S/C11H22NO3/c1-10(2,3)15-9(14)11(4,5)7-6-8(12)13/h9,12,14H,6-7H2,1-5H3. The molecule has 0 fully saturated rings. The highest BCUT2D eigenvalue weighted by molar-refractivity contribution is 5.72. The number of ether oxygens (including phenoxy) is 1. The van der Waals surface area contributed by atoms with Crippen LogP contribution in [0.4, 0.5) is 0 Å². The van der Waals surface area contributed by atoms with Gasteiger partial charge in [0.25, 0.3) is 0 Å². The minimum absolute atomic E-state index is 0.150. The van der Waals surface area contributed by atoms with Crippen LogP contribution < -0.4 is 5.73 Å². The average Bonchev–Trinajstić information content (AvgIpc) is 1.97. The molecule has 4 nitrogen and oxygen atoms in total. The molecule has 0 rings (SSSR count). The van der Waals surface area contributed by atoms with Gasteiger partial charge in [0.1, 0.15) is 0 Å². The van der Waals surface area contributed by atoms with Gasteiger partial charge in [0.15, 0.2) is 6.29 Å². The summed E-state index contributed by atoms with van der Waals surface area (Å²) in [5.41, 5.74) is 5.89. The lowest BCUT2D eigenvalue weighted by Gasteiger charge is -2.34. The van der Waals surface area contributed by atoms with Gasteiger partial charge in [-0.25, -0.2) is 0 Å². The van der Waals surface area contributed by atoms with Crippen LogP contribution in [0.15, 0.2) is 0 Å². The van der Waals surface area contributed by atoms with Gasteiger partial charge in [0.05, 0.1) is 5.60 Å². The number of aliphatic hydroxyl groups is 1. The van der Waals surface area contributed by atoms with Crippen molar-refractivity contribution in [3.8, 4) is 0 Å². The smallest absolute Gasteiger partial charge is 0.238 e. The summed E-state index contributed by atoms with van der Waals surface area (Å²) in [6, 6.07) is 0. The molecule has 0 aliphatic heterocycles. The molecule has 0 heterocycles. The van der Waals surface area contributed by atoms with E-state index in [1.54, 1.807) is 0 Å². The summed E-state index contributed by atoms with van der Waals surface area (Å²) in [6.45, 7) is 9.24. The van der Waals surface area contributed by atoms with Gasteiger partial charge in [-0.3, -0.25) is 10.5 Å². The van der Waals surface area contributed by atoms with Gasteiger partial charge in [-0.05, 0) is 27.2 Å². The topological polar surface area (TPSA) is 70.3 Å². The normalized spacial score (nSPS) is 15.1. The Labute approximate surface area is 91.8 Å². The summed E-state index contributed by atoms with van der Waals surface area (Å²) < 4.78 is 5.42. The average molecular weight is 216 g/mol. The van der Waals surface area contributed by atoms with Gasteiger partial charge in [0, 0.05) is 11.8 Å². The molecule has 1 amide bonds. The summed E-state index contributed by atoms with van der Waals surface area (Å²) in [4.78, 5) is 10.5. The van der Waals surface area contributed by atoms with Crippen LogP contribution in [-0.2, 0) is 9.53 Å². The molecule has 0 aliphatic rings. The highest BCUT2D eigenvalue weighted by Crippen LogP contribution is 2.30. The second kappa shape index (κ2) is 4.94. The molecule has 0 saturated heterocycles. The Kier molecular flexibility index (Phi) is 4.74. The lowest BCUT2D eigenvalue weighted by Crippen LogP contribution is -2.38. The highest BCUT2D eigenvalue weighted by atomic mass is 16.6. The van der Waals surface area contributed by atoms with Gasteiger partial charge in [0.2, 0.25) is 5.91 Å². The van der Waals surface area contributed by atoms with E-state index in [-0.39, 0.29) is 6.42 Å². The van der Waals surface area contributed by atoms with E-state index in [0.29, 0.717) is 6.42 Å². The van der Waals surface area contributed by atoms with Gasteiger partial charge in [-0.15, -0.1) is 0 Å². The van der Waals surface area contributed by atoms with Gasteiger partial charge >= 0.3 is 0 Å². The largest absolute Gasteiger partial charge is 0.367 e. The maximum Gasteiger partial charge on any atom is 0.238 e. The maximum absolute atomic E-state index is 10.5. The second-order valence-corrected chi connectivity index (χ2v) is 5.49. The van der Waals surface area contributed by atoms with Crippen LogP contribution in [-0.4, -0.2) is 22.9 Å². The molecule has 89 valence electrons. The Hall–Kier alpha value is -0.610. The lowest BCUT2D eigenvalue weighted by molar-refractivity contribution is -0.217. The number of aliphatic hydroxyl groups excluding tert-OH is 1. The van der Waals surface area contributed by atoms with E-state index in [1.165, 1.54) is 0 Å². The van der Waals surface area contributed by atoms with E-state index in [2.05, 4.69) is 0 Å². The molecule has 1 radical (unpaired) electrons. The predicted molar refractivity (Wildman–Crippen MR) is 58.0 cm³/mol. The molecule has 2 N–H and O–H groups in total. The third kappa shape index (κ3) is 6.47. The third-order valence-electron chi connectivity index (χ3n) is 2.13. The minimum atomic E-state index is -0.920. The number of carbonyl (C=O) groups excluding carboxylic acids is 1. The Morgan fingerprint density at radius 1 is 1.33 bits per heavy atom. The van der Waals surface area contributed by atoms with Crippen molar-refractivity contribution >= 4 is 5.91 Å². The number of hydrogen-bond acceptors (Lipinski definition) is 3. The fourth-order valence-electron chi connectivity index (χ4n) is 1.05. The zero-order valence-electron chi connectivity index (χ0n) is 10.3. The zero-order chi connectivity index (χ0) is 12.3. The molecule has 15 heavy (non-hydrogen) atoms. The molecule has 0 saturated carbocycles. The molecule has 0 aliphatic carbocycles. The molecular formula is C11H22NO3. The Bertz CT molecular complexity index is 218. The molecule has 1 atom stereocenters. The van der Waals surface area contributed by atoms with Crippen LogP contribution in [0.1, 0.15) is 47.5 Å². The van der Waals surface area contributed by atoms with Crippen LogP contribution in [0.5, 0.6) is 0 Å². The Balaban J connectivity index is 4.25. The fourth-order valence-corrected chi connectivity index (χ4v) is 1.05. The van der Waals surface area contributed by atoms with Gasteiger partial charge in [-0.1, -0.05) is 13.8 Å². The Morgan fingerprint density at radius 3 is 2.13 bits per heavy atom. The maximum atomic E-state index is 10.5. The van der Waals surface area contributed by atoms with Crippen molar-refractivity contribution in [3.05, 3.63) is 0 Å². The molecule has 0 aromatic heterocycles. The summed E-state index contributed by atoms with van der Waals surface area (Å²) in [5.74, 6) is -0.606. The van der Waals surface area contributed by atoms with Crippen LogP contribution in [0.3, 0.4) is 0 Å². The highest BCUT2D eigenvalue weighted by Gasteiger charge is 2.32. The first-order chi connectivity index (χ1) is 6.54. The number of nitrogens with one attached hydrogen (secondary N) is 1. The van der Waals surface area contributed by atoms with Crippen LogP contribution in [0.25, 0.3) is 0 Å². The number of amides is 1. The molecule has 0 aromatic rings. The SMILES string of the molecule is CC(C)(C)OC(O)C(C)(C)CCC([NH])=O. The van der Waals surface area contributed by atoms with E-state index in [1.807, 2.05) is 34.6 Å². The molecule has 1 unspecified atom stereocenters. The Morgan fingerprint density at radius 2 is 1.80 bits per heavy atom. The van der Waals surface area contributed by atoms with Gasteiger partial charge < -0.3 is 9.84 Å². The van der Waals surface area contributed by atoms with Gasteiger partial charge in [-0.2, -0.15) is 0 Å². The van der Waals surface area contributed by atoms with Crippen molar-refractivity contribution in [1.29, 1.82) is 0 Å². The molecule has 0 spiro atoms. The van der Waals surface area contributed by atoms with Crippen molar-refractivity contribution in [2.45, 2.75) is 59.4 Å². The summed E-state index contributed by atoms with van der Waals surface area (Å²) in [5, 5.41) is 9.83. The first kappa shape index (κ1) is 14.4. The molecule has 0 bridgehead atoms. The van der Waals surface area contributed by atoms with E-state index < -0.39 is 23.2 Å². The van der Waals surface area contributed by atoms with E-state index >= 15 is 0 Å². The first-order valence-corrected chi connectivity index (χ1v) is 5.15. The minimum Gasteiger partial charge on any atom is -0.367 e. The molecule has 4 heteroatoms. The monoisotopic (exact) mass is 216 g/mol. The predicted octanol–water partition coefficient (Wildman–Crippen LogP) is 1.74. The van der Waals surface area contributed by atoms with Crippen LogP contribution >= 0.6 is 0 Å². The van der Waals surface area contributed by atoms with Crippen LogP contribution in [0.2, 0.25) is 0 Å².